The summed E-state index contributed by atoms with van der Waals surface area (Å²) in [5, 5.41) is 3.47. The van der Waals surface area contributed by atoms with E-state index >= 15 is 0 Å². The van der Waals surface area contributed by atoms with Gasteiger partial charge in [0.1, 0.15) is 5.75 Å². The Morgan fingerprint density at radius 3 is 2.22 bits per heavy atom. The van der Waals surface area contributed by atoms with E-state index in [1.54, 1.807) is 0 Å². The zero-order chi connectivity index (χ0) is 13.7. The third-order valence-corrected chi connectivity index (χ3v) is 2.99. The van der Waals surface area contributed by atoms with Crippen LogP contribution in [0.4, 0.5) is 5.69 Å². The van der Waals surface area contributed by atoms with Gasteiger partial charge >= 0.3 is 0 Å². The van der Waals surface area contributed by atoms with E-state index in [1.807, 2.05) is 6.92 Å². The van der Waals surface area contributed by atoms with Crippen molar-refractivity contribution in [1.82, 2.24) is 0 Å². The van der Waals surface area contributed by atoms with Crippen LogP contribution in [0.25, 0.3) is 0 Å². The fraction of sp³-hybridized carbons (Fsp3) is 0.625. The van der Waals surface area contributed by atoms with Crippen LogP contribution in [0.2, 0.25) is 0 Å². The summed E-state index contributed by atoms with van der Waals surface area (Å²) < 4.78 is 5.77. The SMILES string of the molecule is CCOc1cc(C(C)C)c(CC)cc1NC(C)C. The molecule has 102 valence electrons. The van der Waals surface area contributed by atoms with Crippen LogP contribution >= 0.6 is 0 Å². The zero-order valence-electron chi connectivity index (χ0n) is 12.6. The number of ether oxygens (including phenoxy) is 1. The second kappa shape index (κ2) is 6.67. The first-order valence-corrected chi connectivity index (χ1v) is 7.05. The number of anilines is 1. The van der Waals surface area contributed by atoms with Crippen molar-refractivity contribution in [3.63, 3.8) is 0 Å². The van der Waals surface area contributed by atoms with Gasteiger partial charge in [0.15, 0.2) is 0 Å². The lowest BCUT2D eigenvalue weighted by molar-refractivity contribution is 0.341. The molecule has 1 rings (SSSR count). The number of nitrogens with one attached hydrogen (secondary N) is 1. The molecule has 1 aromatic rings. The molecular weight excluding hydrogens is 222 g/mol. The molecule has 1 aromatic carbocycles. The molecule has 0 unspecified atom stereocenters. The predicted octanol–water partition coefficient (Wildman–Crippen LogP) is 4.59. The smallest absolute Gasteiger partial charge is 0.142 e. The van der Waals surface area contributed by atoms with Crippen molar-refractivity contribution >= 4 is 5.69 Å². The van der Waals surface area contributed by atoms with Gasteiger partial charge in [-0.1, -0.05) is 20.8 Å². The molecule has 0 atom stereocenters. The van der Waals surface area contributed by atoms with Crippen molar-refractivity contribution in [1.29, 1.82) is 0 Å². The standard InChI is InChI=1S/C16H27NO/c1-7-13-9-15(17-12(5)6)16(18-8-2)10-14(13)11(3)4/h9-12,17H,7-8H2,1-6H3. The monoisotopic (exact) mass is 249 g/mol. The van der Waals surface area contributed by atoms with E-state index in [4.69, 9.17) is 4.74 Å². The highest BCUT2D eigenvalue weighted by Gasteiger charge is 2.12. The van der Waals surface area contributed by atoms with Gasteiger partial charge in [-0.25, -0.2) is 0 Å². The Morgan fingerprint density at radius 2 is 1.78 bits per heavy atom. The van der Waals surface area contributed by atoms with Gasteiger partial charge in [0.2, 0.25) is 0 Å². The molecule has 0 heterocycles. The van der Waals surface area contributed by atoms with Crippen LogP contribution < -0.4 is 10.1 Å². The lowest BCUT2D eigenvalue weighted by Crippen LogP contribution is -2.12. The van der Waals surface area contributed by atoms with Crippen molar-refractivity contribution in [3.8, 4) is 5.75 Å². The average molecular weight is 249 g/mol. The van der Waals surface area contributed by atoms with E-state index in [0.29, 0.717) is 18.6 Å². The minimum atomic E-state index is 0.416. The highest BCUT2D eigenvalue weighted by Crippen LogP contribution is 2.33. The minimum absolute atomic E-state index is 0.416. The molecule has 0 amide bonds. The normalized spacial score (nSPS) is 11.1. The molecule has 0 radical (unpaired) electrons. The zero-order valence-corrected chi connectivity index (χ0v) is 12.6. The second-order valence-electron chi connectivity index (χ2n) is 5.29. The number of rotatable bonds is 6. The number of benzene rings is 1. The Bertz CT molecular complexity index is 383. The summed E-state index contributed by atoms with van der Waals surface area (Å²) in [4.78, 5) is 0. The van der Waals surface area contributed by atoms with Crippen LogP contribution in [-0.4, -0.2) is 12.6 Å². The van der Waals surface area contributed by atoms with E-state index in [2.05, 4.69) is 52.1 Å². The van der Waals surface area contributed by atoms with E-state index in [-0.39, 0.29) is 0 Å². The van der Waals surface area contributed by atoms with Crippen LogP contribution in [0.1, 0.15) is 58.6 Å². The van der Waals surface area contributed by atoms with Gasteiger partial charge < -0.3 is 10.1 Å². The summed E-state index contributed by atoms with van der Waals surface area (Å²) in [7, 11) is 0. The molecule has 2 nitrogen and oxygen atoms in total. The molecule has 1 N–H and O–H groups in total. The molecule has 0 saturated heterocycles. The van der Waals surface area contributed by atoms with Gasteiger partial charge in [-0.15, -0.1) is 0 Å². The first-order chi connectivity index (χ1) is 8.49. The average Bonchev–Trinajstić information content (AvgIpc) is 2.30. The van der Waals surface area contributed by atoms with Gasteiger partial charge in [-0.05, 0) is 56.4 Å². The number of aryl methyl sites for hydroxylation is 1. The second-order valence-corrected chi connectivity index (χ2v) is 5.29. The Kier molecular flexibility index (Phi) is 5.52. The molecule has 2 heteroatoms. The van der Waals surface area contributed by atoms with Crippen LogP contribution in [0.3, 0.4) is 0 Å². The fourth-order valence-corrected chi connectivity index (χ4v) is 2.18. The quantitative estimate of drug-likeness (QED) is 0.796. The van der Waals surface area contributed by atoms with E-state index in [1.165, 1.54) is 11.1 Å². The highest BCUT2D eigenvalue weighted by molar-refractivity contribution is 5.61. The summed E-state index contributed by atoms with van der Waals surface area (Å²) in [6.45, 7) is 13.7. The van der Waals surface area contributed by atoms with Crippen molar-refractivity contribution < 1.29 is 4.74 Å². The highest BCUT2D eigenvalue weighted by atomic mass is 16.5. The molecule has 0 spiro atoms. The molecule has 0 fully saturated rings. The van der Waals surface area contributed by atoms with Crippen LogP contribution in [0, 0.1) is 0 Å². The van der Waals surface area contributed by atoms with Crippen molar-refractivity contribution in [2.24, 2.45) is 0 Å². The Morgan fingerprint density at radius 1 is 1.11 bits per heavy atom. The van der Waals surface area contributed by atoms with Gasteiger partial charge in [-0.3, -0.25) is 0 Å². The van der Waals surface area contributed by atoms with Crippen LogP contribution in [0.15, 0.2) is 12.1 Å². The van der Waals surface area contributed by atoms with Gasteiger partial charge in [0.05, 0.1) is 12.3 Å². The molecule has 0 aliphatic rings. The molecular formula is C16H27NO. The summed E-state index contributed by atoms with van der Waals surface area (Å²) in [5.74, 6) is 1.51. The summed E-state index contributed by atoms with van der Waals surface area (Å²) in [5.41, 5.74) is 3.93. The number of hydrogen-bond acceptors (Lipinski definition) is 2. The first-order valence-electron chi connectivity index (χ1n) is 7.05. The number of hydrogen-bond donors (Lipinski definition) is 1. The Labute approximate surface area is 112 Å². The summed E-state index contributed by atoms with van der Waals surface area (Å²) in [6.07, 6.45) is 1.06. The summed E-state index contributed by atoms with van der Waals surface area (Å²) in [6, 6.07) is 4.87. The topological polar surface area (TPSA) is 21.3 Å². The fourth-order valence-electron chi connectivity index (χ4n) is 2.18. The predicted molar refractivity (Wildman–Crippen MR) is 79.8 cm³/mol. The molecule has 0 aromatic heterocycles. The van der Waals surface area contributed by atoms with E-state index in [9.17, 15) is 0 Å². The molecule has 0 saturated carbocycles. The molecule has 0 bridgehead atoms. The Hall–Kier alpha value is -1.18. The third kappa shape index (κ3) is 3.66. The lowest BCUT2D eigenvalue weighted by atomic mass is 9.94. The maximum absolute atomic E-state index is 5.77. The molecule has 18 heavy (non-hydrogen) atoms. The van der Waals surface area contributed by atoms with Crippen molar-refractivity contribution in [2.75, 3.05) is 11.9 Å². The van der Waals surface area contributed by atoms with Gasteiger partial charge in [-0.2, -0.15) is 0 Å². The first kappa shape index (κ1) is 14.9. The van der Waals surface area contributed by atoms with Crippen molar-refractivity contribution in [3.05, 3.63) is 23.3 Å². The van der Waals surface area contributed by atoms with Crippen LogP contribution in [-0.2, 0) is 6.42 Å². The molecule has 0 aliphatic carbocycles. The van der Waals surface area contributed by atoms with Crippen LogP contribution in [0.5, 0.6) is 5.75 Å². The van der Waals surface area contributed by atoms with E-state index in [0.717, 1.165) is 17.9 Å². The van der Waals surface area contributed by atoms with Gasteiger partial charge in [0.25, 0.3) is 0 Å². The molecule has 0 aliphatic heterocycles. The van der Waals surface area contributed by atoms with Gasteiger partial charge in [0, 0.05) is 6.04 Å². The van der Waals surface area contributed by atoms with E-state index < -0.39 is 0 Å². The maximum atomic E-state index is 5.77. The minimum Gasteiger partial charge on any atom is -0.492 e. The Balaban J connectivity index is 3.22. The lowest BCUT2D eigenvalue weighted by Gasteiger charge is -2.20. The summed E-state index contributed by atoms with van der Waals surface area (Å²) >= 11 is 0. The third-order valence-electron chi connectivity index (χ3n) is 2.99. The maximum Gasteiger partial charge on any atom is 0.142 e. The van der Waals surface area contributed by atoms with Crippen molar-refractivity contribution in [2.45, 2.75) is 59.9 Å². The largest absolute Gasteiger partial charge is 0.492 e.